The van der Waals surface area contributed by atoms with Gasteiger partial charge in [-0.25, -0.2) is 0 Å². The van der Waals surface area contributed by atoms with Crippen LogP contribution in [0.3, 0.4) is 0 Å². The Morgan fingerprint density at radius 1 is 0.545 bits per heavy atom. The highest BCUT2D eigenvalue weighted by molar-refractivity contribution is 6.10. The second kappa shape index (κ2) is 14.1. The normalized spacial score (nSPS) is 11.3. The predicted octanol–water partition coefficient (Wildman–Crippen LogP) is 5.40. The van der Waals surface area contributed by atoms with Gasteiger partial charge in [0, 0.05) is 24.2 Å². The summed E-state index contributed by atoms with van der Waals surface area (Å²) in [5.41, 5.74) is -0.557. The Kier molecular flexibility index (Phi) is 10.8. The first-order valence-electron chi connectivity index (χ1n) is 14.0. The lowest BCUT2D eigenvalue weighted by molar-refractivity contribution is -0.150. The molecule has 3 aromatic carbocycles. The molecular formula is C34H40N2O8. The zero-order valence-electron chi connectivity index (χ0n) is 26.5. The molecule has 0 saturated heterocycles. The standard InChI is InChI=1S/C34H40N2O8/c1-33(2,31(39)43-7)21-35(25-13-9-11-15-27(25)41-5)29(37)23-17-19-24(20-18-23)30(38)36(22-34(3,4)32(40)44-8)26-14-10-12-16-28(26)42-6/h9-20H,21-22H2,1-8H3. The smallest absolute Gasteiger partial charge is 0.313 e. The van der Waals surface area contributed by atoms with E-state index in [2.05, 4.69) is 0 Å². The van der Waals surface area contributed by atoms with Crippen LogP contribution in [-0.2, 0) is 19.1 Å². The zero-order valence-corrected chi connectivity index (χ0v) is 26.5. The van der Waals surface area contributed by atoms with E-state index in [1.807, 2.05) is 0 Å². The van der Waals surface area contributed by atoms with Crippen molar-refractivity contribution in [3.8, 4) is 11.5 Å². The maximum Gasteiger partial charge on any atom is 0.313 e. The van der Waals surface area contributed by atoms with Crippen LogP contribution >= 0.6 is 0 Å². The van der Waals surface area contributed by atoms with E-state index in [-0.39, 0.29) is 24.2 Å². The number of esters is 2. The second-order valence-electron chi connectivity index (χ2n) is 11.5. The van der Waals surface area contributed by atoms with Gasteiger partial charge in [0.15, 0.2) is 0 Å². The van der Waals surface area contributed by atoms with Crippen LogP contribution in [0.15, 0.2) is 72.8 Å². The molecule has 0 atom stereocenters. The molecule has 0 aliphatic rings. The highest BCUT2D eigenvalue weighted by Crippen LogP contribution is 2.34. The molecule has 0 saturated carbocycles. The molecule has 3 rings (SSSR count). The minimum atomic E-state index is -1.04. The van der Waals surface area contributed by atoms with Crippen molar-refractivity contribution in [2.75, 3.05) is 51.3 Å². The molecular weight excluding hydrogens is 564 g/mol. The number of benzene rings is 3. The van der Waals surface area contributed by atoms with Gasteiger partial charge in [-0.3, -0.25) is 19.2 Å². The number of anilines is 2. The van der Waals surface area contributed by atoms with E-state index in [0.29, 0.717) is 22.9 Å². The van der Waals surface area contributed by atoms with E-state index in [0.717, 1.165) is 0 Å². The molecule has 10 nitrogen and oxygen atoms in total. The van der Waals surface area contributed by atoms with E-state index in [1.165, 1.54) is 38.2 Å². The summed E-state index contributed by atoms with van der Waals surface area (Å²) in [7, 11) is 5.61. The van der Waals surface area contributed by atoms with Crippen molar-refractivity contribution in [2.24, 2.45) is 10.8 Å². The predicted molar refractivity (Wildman–Crippen MR) is 167 cm³/mol. The van der Waals surface area contributed by atoms with Crippen molar-refractivity contribution in [1.82, 2.24) is 0 Å². The Hall–Kier alpha value is -4.86. The SMILES string of the molecule is COC(=O)C(C)(C)CN(C(=O)c1ccc(C(=O)N(CC(C)(C)C(=O)OC)c2ccccc2OC)cc1)c1ccccc1OC. The lowest BCUT2D eigenvalue weighted by Gasteiger charge is -2.32. The van der Waals surface area contributed by atoms with Crippen molar-refractivity contribution < 1.29 is 38.1 Å². The zero-order chi connectivity index (χ0) is 32.7. The Balaban J connectivity index is 2.03. The number of nitrogens with zero attached hydrogens (tertiary/aromatic N) is 2. The topological polar surface area (TPSA) is 112 Å². The fourth-order valence-corrected chi connectivity index (χ4v) is 4.78. The van der Waals surface area contributed by atoms with Gasteiger partial charge in [-0.1, -0.05) is 24.3 Å². The molecule has 0 radical (unpaired) electrons. The Morgan fingerprint density at radius 3 is 1.16 bits per heavy atom. The largest absolute Gasteiger partial charge is 0.495 e. The summed E-state index contributed by atoms with van der Waals surface area (Å²) in [6.07, 6.45) is 0. The average Bonchev–Trinajstić information content (AvgIpc) is 3.04. The number of para-hydroxylation sites is 4. The number of amides is 2. The first-order chi connectivity index (χ1) is 20.8. The number of hydrogen-bond acceptors (Lipinski definition) is 8. The summed E-state index contributed by atoms with van der Waals surface area (Å²) >= 11 is 0. The van der Waals surface area contributed by atoms with Gasteiger partial charge in [-0.15, -0.1) is 0 Å². The lowest BCUT2D eigenvalue weighted by atomic mass is 9.92. The first kappa shape index (κ1) is 33.6. The van der Waals surface area contributed by atoms with E-state index < -0.39 is 34.6 Å². The minimum Gasteiger partial charge on any atom is -0.495 e. The summed E-state index contributed by atoms with van der Waals surface area (Å²) in [6, 6.07) is 20.2. The molecule has 10 heteroatoms. The van der Waals surface area contributed by atoms with Crippen molar-refractivity contribution in [1.29, 1.82) is 0 Å². The maximum atomic E-state index is 14.0. The molecule has 0 aromatic heterocycles. The fourth-order valence-electron chi connectivity index (χ4n) is 4.78. The number of rotatable bonds is 12. The van der Waals surface area contributed by atoms with Crippen molar-refractivity contribution in [3.63, 3.8) is 0 Å². The Morgan fingerprint density at radius 2 is 0.864 bits per heavy atom. The van der Waals surface area contributed by atoms with Crippen molar-refractivity contribution >= 4 is 35.1 Å². The first-order valence-corrected chi connectivity index (χ1v) is 14.0. The number of methoxy groups -OCH3 is 4. The maximum absolute atomic E-state index is 14.0. The van der Waals surface area contributed by atoms with Crippen LogP contribution in [0.25, 0.3) is 0 Å². The summed E-state index contributed by atoms with van der Waals surface area (Å²) in [5.74, 6) is -0.851. The van der Waals surface area contributed by atoms with Crippen LogP contribution in [0.2, 0.25) is 0 Å². The molecule has 0 aliphatic carbocycles. The highest BCUT2D eigenvalue weighted by atomic mass is 16.5. The van der Waals surface area contributed by atoms with E-state index in [9.17, 15) is 19.2 Å². The summed E-state index contributed by atoms with van der Waals surface area (Å²) in [4.78, 5) is 56.0. The molecule has 0 bridgehead atoms. The molecule has 44 heavy (non-hydrogen) atoms. The molecule has 0 N–H and O–H groups in total. The molecule has 0 spiro atoms. The third-order valence-corrected chi connectivity index (χ3v) is 7.20. The summed E-state index contributed by atoms with van der Waals surface area (Å²) in [5, 5.41) is 0. The molecule has 2 amide bonds. The monoisotopic (exact) mass is 604 g/mol. The third-order valence-electron chi connectivity index (χ3n) is 7.20. The van der Waals surface area contributed by atoms with E-state index >= 15 is 0 Å². The highest BCUT2D eigenvalue weighted by Gasteiger charge is 2.36. The van der Waals surface area contributed by atoms with Crippen LogP contribution < -0.4 is 19.3 Å². The molecule has 234 valence electrons. The number of carbonyl (C=O) groups is 4. The van der Waals surface area contributed by atoms with Gasteiger partial charge in [-0.2, -0.15) is 0 Å². The van der Waals surface area contributed by atoms with Crippen LogP contribution in [0.5, 0.6) is 11.5 Å². The summed E-state index contributed by atoms with van der Waals surface area (Å²) in [6.45, 7) is 6.78. The van der Waals surface area contributed by atoms with Crippen molar-refractivity contribution in [3.05, 3.63) is 83.9 Å². The van der Waals surface area contributed by atoms with Crippen LogP contribution in [0.4, 0.5) is 11.4 Å². The average molecular weight is 605 g/mol. The minimum absolute atomic E-state index is 0.00372. The van der Waals surface area contributed by atoms with Crippen LogP contribution in [-0.4, -0.2) is 65.3 Å². The van der Waals surface area contributed by atoms with Gasteiger partial charge < -0.3 is 28.7 Å². The van der Waals surface area contributed by atoms with Gasteiger partial charge in [0.05, 0.1) is 50.6 Å². The quantitative estimate of drug-likeness (QED) is 0.253. The second-order valence-corrected chi connectivity index (χ2v) is 11.5. The van der Waals surface area contributed by atoms with Gasteiger partial charge in [0.25, 0.3) is 11.8 Å². The lowest BCUT2D eigenvalue weighted by Crippen LogP contribution is -2.43. The molecule has 0 aliphatic heterocycles. The number of hydrogen-bond donors (Lipinski definition) is 0. The van der Waals surface area contributed by atoms with Gasteiger partial charge in [0.1, 0.15) is 11.5 Å². The number of carbonyl (C=O) groups excluding carboxylic acids is 4. The fraction of sp³-hybridized carbons (Fsp3) is 0.353. The number of ether oxygens (including phenoxy) is 4. The molecule has 0 unspecified atom stereocenters. The van der Waals surface area contributed by atoms with Crippen LogP contribution in [0, 0.1) is 10.8 Å². The van der Waals surface area contributed by atoms with Gasteiger partial charge >= 0.3 is 11.9 Å². The van der Waals surface area contributed by atoms with Gasteiger partial charge in [0.2, 0.25) is 0 Å². The van der Waals surface area contributed by atoms with Gasteiger partial charge in [-0.05, 0) is 76.2 Å². The molecule has 0 heterocycles. The van der Waals surface area contributed by atoms with E-state index in [1.54, 1.807) is 100 Å². The molecule has 3 aromatic rings. The summed E-state index contributed by atoms with van der Waals surface area (Å²) < 4.78 is 21.0. The van der Waals surface area contributed by atoms with Crippen molar-refractivity contribution in [2.45, 2.75) is 27.7 Å². The Bertz CT molecular complexity index is 1380. The Labute approximate surface area is 258 Å². The van der Waals surface area contributed by atoms with Crippen LogP contribution in [0.1, 0.15) is 48.4 Å². The molecule has 0 fully saturated rings. The van der Waals surface area contributed by atoms with E-state index in [4.69, 9.17) is 18.9 Å². The third kappa shape index (κ3) is 7.37.